The lowest BCUT2D eigenvalue weighted by Crippen LogP contribution is -2.40. The fraction of sp³-hybridized carbons (Fsp3) is 0.857. The molecule has 1 saturated carbocycles. The summed E-state index contributed by atoms with van der Waals surface area (Å²) in [5.41, 5.74) is 5.81. The number of nitrogens with one attached hydrogen (secondary N) is 2. The summed E-state index contributed by atoms with van der Waals surface area (Å²) >= 11 is 0. The number of carbonyl (C=O) groups excluding carboxylic acids is 1. The van der Waals surface area contributed by atoms with Gasteiger partial charge in [-0.25, -0.2) is 4.79 Å². The van der Waals surface area contributed by atoms with Gasteiger partial charge in [-0.1, -0.05) is 13.8 Å². The van der Waals surface area contributed by atoms with Gasteiger partial charge in [-0.2, -0.15) is 0 Å². The molecule has 0 heterocycles. The number of aliphatic imine (C=N–C) groups is 1. The van der Waals surface area contributed by atoms with Gasteiger partial charge < -0.3 is 21.1 Å². The molecule has 1 aliphatic carbocycles. The van der Waals surface area contributed by atoms with Gasteiger partial charge in [-0.3, -0.25) is 4.99 Å². The maximum absolute atomic E-state index is 11.4. The number of ether oxygens (including phenoxy) is 1. The predicted octanol–water partition coefficient (Wildman–Crippen LogP) is 2.08. The zero-order valence-electron chi connectivity index (χ0n) is 13.2. The van der Waals surface area contributed by atoms with Crippen molar-refractivity contribution in [2.75, 3.05) is 19.7 Å². The van der Waals surface area contributed by atoms with Crippen molar-refractivity contribution in [2.24, 2.45) is 22.6 Å². The minimum atomic E-state index is -0.370. The Morgan fingerprint density at radius 2 is 2.10 bits per heavy atom. The molecule has 4 N–H and O–H groups in total. The van der Waals surface area contributed by atoms with Gasteiger partial charge in [0.25, 0.3) is 0 Å². The van der Waals surface area contributed by atoms with Crippen LogP contribution in [0.2, 0.25) is 0 Å². The van der Waals surface area contributed by atoms with E-state index in [0.717, 1.165) is 25.8 Å². The number of rotatable bonds is 8. The molecular formula is C14H29IN4O2. The highest BCUT2D eigenvalue weighted by atomic mass is 127. The van der Waals surface area contributed by atoms with E-state index in [0.29, 0.717) is 30.9 Å². The van der Waals surface area contributed by atoms with Crippen LogP contribution in [0.25, 0.3) is 0 Å². The van der Waals surface area contributed by atoms with Crippen LogP contribution in [0.15, 0.2) is 4.99 Å². The lowest BCUT2D eigenvalue weighted by Gasteiger charge is -2.16. The van der Waals surface area contributed by atoms with Gasteiger partial charge in [0.05, 0.1) is 19.2 Å². The summed E-state index contributed by atoms with van der Waals surface area (Å²) in [6, 6.07) is 0.0273. The van der Waals surface area contributed by atoms with Crippen LogP contribution >= 0.6 is 24.0 Å². The Kier molecular flexibility index (Phi) is 10.5. The van der Waals surface area contributed by atoms with E-state index in [1.54, 1.807) is 6.92 Å². The van der Waals surface area contributed by atoms with E-state index in [1.807, 2.05) is 0 Å². The number of hydrogen-bond acceptors (Lipinski definition) is 3. The fourth-order valence-electron chi connectivity index (χ4n) is 1.88. The minimum absolute atomic E-state index is 0. The molecule has 6 nitrogen and oxygen atoms in total. The van der Waals surface area contributed by atoms with E-state index in [4.69, 9.17) is 10.5 Å². The van der Waals surface area contributed by atoms with Crippen molar-refractivity contribution in [1.29, 1.82) is 0 Å². The average Bonchev–Trinajstić information content (AvgIpc) is 3.18. The van der Waals surface area contributed by atoms with Crippen LogP contribution < -0.4 is 16.4 Å². The highest BCUT2D eigenvalue weighted by molar-refractivity contribution is 14.0. The SMILES string of the molecule is CCOC(=O)NC(CN=C(N)NCCC(C)C)C1CC1.I. The van der Waals surface area contributed by atoms with Crippen LogP contribution in [-0.4, -0.2) is 37.8 Å². The minimum Gasteiger partial charge on any atom is -0.450 e. The number of guanidine groups is 1. The molecule has 0 saturated heterocycles. The van der Waals surface area contributed by atoms with Crippen LogP contribution in [0.4, 0.5) is 4.79 Å². The standard InChI is InChI=1S/C14H28N4O2.HI/c1-4-20-14(19)18-12(11-5-6-11)9-17-13(15)16-8-7-10(2)3;/h10-12H,4-9H2,1-3H3,(H,18,19)(H3,15,16,17);1H. The molecule has 0 spiro atoms. The molecule has 1 unspecified atom stereocenters. The van der Waals surface area contributed by atoms with Gasteiger partial charge in [0.15, 0.2) is 5.96 Å². The Bertz CT molecular complexity index is 333. The Balaban J connectivity index is 0.00000400. The lowest BCUT2D eigenvalue weighted by molar-refractivity contribution is 0.147. The van der Waals surface area contributed by atoms with E-state index in [1.165, 1.54) is 0 Å². The van der Waals surface area contributed by atoms with Gasteiger partial charge in [0, 0.05) is 6.54 Å². The molecular weight excluding hydrogens is 383 g/mol. The number of alkyl carbamates (subject to hydrolysis) is 1. The monoisotopic (exact) mass is 412 g/mol. The second kappa shape index (κ2) is 10.9. The molecule has 1 amide bonds. The van der Waals surface area contributed by atoms with Crippen LogP contribution in [0.1, 0.15) is 40.0 Å². The summed E-state index contributed by atoms with van der Waals surface area (Å²) in [5, 5.41) is 5.95. The number of nitrogens with zero attached hydrogens (tertiary/aromatic N) is 1. The first-order valence-electron chi connectivity index (χ1n) is 7.50. The van der Waals surface area contributed by atoms with E-state index >= 15 is 0 Å². The molecule has 1 aliphatic rings. The molecule has 0 aromatic heterocycles. The Labute approximate surface area is 144 Å². The first kappa shape index (κ1) is 20.3. The summed E-state index contributed by atoms with van der Waals surface area (Å²) in [6.45, 7) is 7.84. The highest BCUT2D eigenvalue weighted by Gasteiger charge is 2.32. The molecule has 21 heavy (non-hydrogen) atoms. The number of carbonyl (C=O) groups is 1. The van der Waals surface area contributed by atoms with Gasteiger partial charge in [0.1, 0.15) is 0 Å². The molecule has 0 radical (unpaired) electrons. The third-order valence-electron chi connectivity index (χ3n) is 3.26. The molecule has 7 heteroatoms. The predicted molar refractivity (Wildman–Crippen MR) is 96.0 cm³/mol. The van der Waals surface area contributed by atoms with Crippen molar-refractivity contribution in [3.63, 3.8) is 0 Å². The topological polar surface area (TPSA) is 88.7 Å². The van der Waals surface area contributed by atoms with E-state index in [2.05, 4.69) is 29.5 Å². The summed E-state index contributed by atoms with van der Waals surface area (Å²) < 4.78 is 4.90. The zero-order valence-corrected chi connectivity index (χ0v) is 15.6. The van der Waals surface area contributed by atoms with Crippen LogP contribution in [0.3, 0.4) is 0 Å². The van der Waals surface area contributed by atoms with Crippen molar-refractivity contribution < 1.29 is 9.53 Å². The van der Waals surface area contributed by atoms with E-state index in [-0.39, 0.29) is 36.1 Å². The number of nitrogens with two attached hydrogens (primary N) is 1. The Hall–Kier alpha value is -0.730. The fourth-order valence-corrected chi connectivity index (χ4v) is 1.88. The smallest absolute Gasteiger partial charge is 0.407 e. The largest absolute Gasteiger partial charge is 0.450 e. The van der Waals surface area contributed by atoms with Crippen molar-refractivity contribution in [2.45, 2.75) is 46.1 Å². The lowest BCUT2D eigenvalue weighted by atomic mass is 10.1. The zero-order chi connectivity index (χ0) is 15.0. The molecule has 0 aliphatic heterocycles. The highest BCUT2D eigenvalue weighted by Crippen LogP contribution is 2.32. The van der Waals surface area contributed by atoms with Gasteiger partial charge in [-0.05, 0) is 38.0 Å². The quantitative estimate of drug-likeness (QED) is 0.324. The molecule has 0 aromatic carbocycles. The van der Waals surface area contributed by atoms with Crippen LogP contribution in [0.5, 0.6) is 0 Å². The Morgan fingerprint density at radius 1 is 1.43 bits per heavy atom. The van der Waals surface area contributed by atoms with Crippen molar-refractivity contribution >= 4 is 36.0 Å². The first-order chi connectivity index (χ1) is 9.52. The third-order valence-corrected chi connectivity index (χ3v) is 3.26. The first-order valence-corrected chi connectivity index (χ1v) is 7.50. The molecule has 1 fully saturated rings. The normalized spacial score (nSPS) is 16.1. The number of amides is 1. The molecule has 0 bridgehead atoms. The van der Waals surface area contributed by atoms with Crippen molar-refractivity contribution in [3.8, 4) is 0 Å². The average molecular weight is 412 g/mol. The van der Waals surface area contributed by atoms with Crippen LogP contribution in [0, 0.1) is 11.8 Å². The maximum atomic E-state index is 11.4. The van der Waals surface area contributed by atoms with Crippen molar-refractivity contribution in [1.82, 2.24) is 10.6 Å². The Morgan fingerprint density at radius 3 is 2.62 bits per heavy atom. The van der Waals surface area contributed by atoms with E-state index < -0.39 is 0 Å². The van der Waals surface area contributed by atoms with Gasteiger partial charge >= 0.3 is 6.09 Å². The summed E-state index contributed by atoms with van der Waals surface area (Å²) in [4.78, 5) is 15.8. The molecule has 1 atom stereocenters. The molecule has 124 valence electrons. The number of halogens is 1. The van der Waals surface area contributed by atoms with E-state index in [9.17, 15) is 4.79 Å². The molecule has 1 rings (SSSR count). The summed E-state index contributed by atoms with van der Waals surface area (Å²) in [7, 11) is 0. The molecule has 0 aromatic rings. The second-order valence-electron chi connectivity index (χ2n) is 5.64. The van der Waals surface area contributed by atoms with Gasteiger partial charge in [-0.15, -0.1) is 24.0 Å². The number of hydrogen-bond donors (Lipinski definition) is 3. The van der Waals surface area contributed by atoms with Gasteiger partial charge in [0.2, 0.25) is 0 Å². The van der Waals surface area contributed by atoms with Crippen LogP contribution in [-0.2, 0) is 4.74 Å². The van der Waals surface area contributed by atoms with Crippen molar-refractivity contribution in [3.05, 3.63) is 0 Å². The second-order valence-corrected chi connectivity index (χ2v) is 5.64. The third kappa shape index (κ3) is 9.76. The summed E-state index contributed by atoms with van der Waals surface area (Å²) in [6.07, 6.45) is 2.95. The maximum Gasteiger partial charge on any atom is 0.407 e. The summed E-state index contributed by atoms with van der Waals surface area (Å²) in [5.74, 6) is 1.59.